The SMILES string of the molecule is CCc1ccc2c(-c3cncc(C)c3)c(CCCCC(=O)O)c(COCc3ccccc3)nn12. The van der Waals surface area contributed by atoms with Crippen LogP contribution in [0.4, 0.5) is 0 Å². The molecular weight excluding hydrogens is 426 g/mol. The molecule has 4 rings (SSSR count). The summed E-state index contributed by atoms with van der Waals surface area (Å²) in [5.74, 6) is -0.762. The minimum atomic E-state index is -0.762. The van der Waals surface area contributed by atoms with Gasteiger partial charge in [-0.1, -0.05) is 37.3 Å². The van der Waals surface area contributed by atoms with E-state index in [1.165, 1.54) is 0 Å². The van der Waals surface area contributed by atoms with Crippen molar-refractivity contribution < 1.29 is 14.6 Å². The smallest absolute Gasteiger partial charge is 0.303 e. The van der Waals surface area contributed by atoms with Crippen LogP contribution in [0.2, 0.25) is 0 Å². The van der Waals surface area contributed by atoms with Crippen LogP contribution in [0, 0.1) is 6.92 Å². The van der Waals surface area contributed by atoms with Gasteiger partial charge >= 0.3 is 5.97 Å². The molecular formula is C28H31N3O3. The Bertz CT molecular complexity index is 1260. The Hall–Kier alpha value is -3.51. The van der Waals surface area contributed by atoms with Crippen LogP contribution in [0.25, 0.3) is 16.6 Å². The second kappa shape index (κ2) is 11.1. The maximum atomic E-state index is 11.0. The highest BCUT2D eigenvalue weighted by Crippen LogP contribution is 2.33. The summed E-state index contributed by atoms with van der Waals surface area (Å²) in [6.07, 6.45) is 6.92. The largest absolute Gasteiger partial charge is 0.481 e. The van der Waals surface area contributed by atoms with E-state index in [1.54, 1.807) is 0 Å². The molecule has 0 unspecified atom stereocenters. The predicted octanol–water partition coefficient (Wildman–Crippen LogP) is 5.78. The summed E-state index contributed by atoms with van der Waals surface area (Å²) in [7, 11) is 0. The molecule has 3 aromatic heterocycles. The Labute approximate surface area is 200 Å². The van der Waals surface area contributed by atoms with Crippen molar-refractivity contribution in [3.63, 3.8) is 0 Å². The van der Waals surface area contributed by atoms with Crippen LogP contribution in [0.1, 0.15) is 54.3 Å². The molecule has 0 radical (unpaired) electrons. The van der Waals surface area contributed by atoms with Crippen molar-refractivity contribution in [2.24, 2.45) is 0 Å². The summed E-state index contributed by atoms with van der Waals surface area (Å²) < 4.78 is 8.15. The normalized spacial score (nSPS) is 11.2. The Morgan fingerprint density at radius 2 is 1.88 bits per heavy atom. The van der Waals surface area contributed by atoms with Crippen molar-refractivity contribution in [3.8, 4) is 11.1 Å². The molecule has 0 aliphatic carbocycles. The average Bonchev–Trinajstić information content (AvgIpc) is 3.24. The van der Waals surface area contributed by atoms with Crippen molar-refractivity contribution in [1.29, 1.82) is 0 Å². The molecule has 0 atom stereocenters. The molecule has 0 saturated carbocycles. The lowest BCUT2D eigenvalue weighted by Crippen LogP contribution is -2.10. The van der Waals surface area contributed by atoms with Crippen molar-refractivity contribution in [2.75, 3.05) is 0 Å². The zero-order chi connectivity index (χ0) is 23.9. The highest BCUT2D eigenvalue weighted by atomic mass is 16.5. The standard InChI is InChI=1S/C28H31N3O3/c1-3-23-13-14-26-28(22-15-20(2)16-29-17-22)24(11-7-8-12-27(32)33)25(30-31(23)26)19-34-18-21-9-5-4-6-10-21/h4-6,9-10,13-17H,3,7-8,11-12,18-19H2,1-2H3,(H,32,33). The third kappa shape index (κ3) is 5.51. The second-order valence-electron chi connectivity index (χ2n) is 8.61. The zero-order valence-electron chi connectivity index (χ0n) is 19.8. The monoisotopic (exact) mass is 457 g/mol. The number of benzene rings is 1. The number of carbonyl (C=O) groups is 1. The van der Waals surface area contributed by atoms with Gasteiger partial charge in [0.1, 0.15) is 0 Å². The van der Waals surface area contributed by atoms with Crippen molar-refractivity contribution in [1.82, 2.24) is 14.6 Å². The van der Waals surface area contributed by atoms with Crippen molar-refractivity contribution >= 4 is 11.5 Å². The van der Waals surface area contributed by atoms with E-state index < -0.39 is 5.97 Å². The summed E-state index contributed by atoms with van der Waals surface area (Å²) in [5, 5.41) is 14.1. The van der Waals surface area contributed by atoms with Gasteiger partial charge in [-0.3, -0.25) is 9.78 Å². The molecule has 0 saturated heterocycles. The second-order valence-corrected chi connectivity index (χ2v) is 8.61. The van der Waals surface area contributed by atoms with E-state index in [0.29, 0.717) is 19.6 Å². The Balaban J connectivity index is 1.76. The van der Waals surface area contributed by atoms with E-state index in [-0.39, 0.29) is 6.42 Å². The number of nitrogens with zero attached hydrogens (tertiary/aromatic N) is 3. The number of unbranched alkanes of at least 4 members (excludes halogenated alkanes) is 1. The zero-order valence-corrected chi connectivity index (χ0v) is 19.8. The van der Waals surface area contributed by atoms with Gasteiger partial charge in [0.05, 0.1) is 24.4 Å². The third-order valence-electron chi connectivity index (χ3n) is 6.00. The lowest BCUT2D eigenvalue weighted by atomic mass is 9.95. The molecule has 34 heavy (non-hydrogen) atoms. The number of rotatable bonds is 11. The van der Waals surface area contributed by atoms with E-state index >= 15 is 0 Å². The van der Waals surface area contributed by atoms with Gasteiger partial charge in [-0.2, -0.15) is 5.10 Å². The number of fused-ring (bicyclic) bond motifs is 1. The summed E-state index contributed by atoms with van der Waals surface area (Å²) in [6.45, 7) is 5.06. The molecule has 0 amide bonds. The topological polar surface area (TPSA) is 76.7 Å². The minimum absolute atomic E-state index is 0.169. The van der Waals surface area contributed by atoms with Gasteiger partial charge in [0.25, 0.3) is 0 Å². The van der Waals surface area contributed by atoms with Gasteiger partial charge in [0, 0.05) is 35.6 Å². The third-order valence-corrected chi connectivity index (χ3v) is 6.00. The predicted molar refractivity (Wildman–Crippen MR) is 133 cm³/mol. The first-order valence-corrected chi connectivity index (χ1v) is 11.8. The molecule has 3 heterocycles. The highest BCUT2D eigenvalue weighted by Gasteiger charge is 2.19. The van der Waals surface area contributed by atoms with Crippen LogP contribution >= 0.6 is 0 Å². The van der Waals surface area contributed by atoms with Gasteiger partial charge in [-0.25, -0.2) is 4.52 Å². The molecule has 1 aromatic carbocycles. The number of hydrogen-bond donors (Lipinski definition) is 1. The number of hydrogen-bond acceptors (Lipinski definition) is 4. The first kappa shape index (κ1) is 23.6. The number of carboxylic acids is 1. The van der Waals surface area contributed by atoms with Gasteiger partial charge < -0.3 is 9.84 Å². The summed E-state index contributed by atoms with van der Waals surface area (Å²) in [4.78, 5) is 15.5. The maximum absolute atomic E-state index is 11.0. The van der Waals surface area contributed by atoms with E-state index in [2.05, 4.69) is 42.2 Å². The summed E-state index contributed by atoms with van der Waals surface area (Å²) in [6, 6.07) is 16.5. The van der Waals surface area contributed by atoms with Crippen molar-refractivity contribution in [3.05, 3.63) is 89.0 Å². The van der Waals surface area contributed by atoms with Crippen LogP contribution in [0.15, 0.2) is 60.9 Å². The molecule has 0 bridgehead atoms. The van der Waals surface area contributed by atoms with E-state index in [9.17, 15) is 4.79 Å². The fourth-order valence-corrected chi connectivity index (χ4v) is 4.34. The molecule has 0 fully saturated rings. The van der Waals surface area contributed by atoms with Crippen LogP contribution in [0.3, 0.4) is 0 Å². The molecule has 0 aliphatic heterocycles. The lowest BCUT2D eigenvalue weighted by Gasteiger charge is -2.18. The van der Waals surface area contributed by atoms with Crippen LogP contribution in [-0.2, 0) is 35.6 Å². The molecule has 176 valence electrons. The number of ether oxygens (including phenoxy) is 1. The van der Waals surface area contributed by atoms with E-state index in [1.807, 2.05) is 42.0 Å². The quantitative estimate of drug-likeness (QED) is 0.289. The molecule has 4 aromatic rings. The van der Waals surface area contributed by atoms with Gasteiger partial charge in [0.2, 0.25) is 0 Å². The van der Waals surface area contributed by atoms with Crippen LogP contribution in [-0.4, -0.2) is 25.7 Å². The molecule has 6 nitrogen and oxygen atoms in total. The first-order chi connectivity index (χ1) is 16.6. The first-order valence-electron chi connectivity index (χ1n) is 11.8. The highest BCUT2D eigenvalue weighted by molar-refractivity contribution is 5.83. The number of aromatic nitrogens is 3. The molecule has 0 aliphatic rings. The fraction of sp³-hybridized carbons (Fsp3) is 0.321. The molecule has 0 spiro atoms. The number of aliphatic carboxylic acids is 1. The molecule has 1 N–H and O–H groups in total. The maximum Gasteiger partial charge on any atom is 0.303 e. The number of aryl methyl sites for hydroxylation is 2. The van der Waals surface area contributed by atoms with Gasteiger partial charge in [0.15, 0.2) is 0 Å². The van der Waals surface area contributed by atoms with E-state index in [4.69, 9.17) is 14.9 Å². The number of carboxylic acid groups (broad SMARTS) is 1. The lowest BCUT2D eigenvalue weighted by molar-refractivity contribution is -0.137. The van der Waals surface area contributed by atoms with Gasteiger partial charge in [-0.05, 0) is 67.5 Å². The Kier molecular flexibility index (Phi) is 7.70. The van der Waals surface area contributed by atoms with Crippen LogP contribution in [0.5, 0.6) is 0 Å². The van der Waals surface area contributed by atoms with E-state index in [0.717, 1.165) is 64.0 Å². The molecule has 6 heteroatoms. The van der Waals surface area contributed by atoms with Crippen LogP contribution < -0.4 is 0 Å². The van der Waals surface area contributed by atoms with Crippen molar-refractivity contribution in [2.45, 2.75) is 59.2 Å². The fourth-order valence-electron chi connectivity index (χ4n) is 4.34. The van der Waals surface area contributed by atoms with Gasteiger partial charge in [-0.15, -0.1) is 0 Å². The number of pyridine rings is 1. The summed E-state index contributed by atoms with van der Waals surface area (Å²) >= 11 is 0. The average molecular weight is 458 g/mol. The Morgan fingerprint density at radius 1 is 1.06 bits per heavy atom. The summed E-state index contributed by atoms with van der Waals surface area (Å²) in [5.41, 5.74) is 8.55. The Morgan fingerprint density at radius 3 is 2.62 bits per heavy atom. The minimum Gasteiger partial charge on any atom is -0.481 e.